The summed E-state index contributed by atoms with van der Waals surface area (Å²) in [4.78, 5) is 33.1. The molecule has 0 radical (unpaired) electrons. The molecular formula is C24H19Cl2F8N9O2. The molecule has 1 saturated heterocycles. The Morgan fingerprint density at radius 2 is 1.78 bits per heavy atom. The van der Waals surface area contributed by atoms with E-state index in [4.69, 9.17) is 11.6 Å². The maximum absolute atomic E-state index is 14.0. The van der Waals surface area contributed by atoms with Crippen molar-refractivity contribution in [2.24, 2.45) is 0 Å². The van der Waals surface area contributed by atoms with Crippen LogP contribution in [0.2, 0.25) is 5.02 Å². The second kappa shape index (κ2) is 12.4. The molecule has 1 aliphatic rings. The molecule has 2 unspecified atom stereocenters. The lowest BCUT2D eigenvalue weighted by Crippen LogP contribution is -2.70. The van der Waals surface area contributed by atoms with E-state index in [1.54, 1.807) is 0 Å². The number of benzene rings is 1. The van der Waals surface area contributed by atoms with Crippen molar-refractivity contribution in [3.63, 3.8) is 0 Å². The molecule has 1 fully saturated rings. The van der Waals surface area contributed by atoms with E-state index < -0.39 is 73.0 Å². The van der Waals surface area contributed by atoms with Gasteiger partial charge in [-0.2, -0.15) is 26.3 Å². The van der Waals surface area contributed by atoms with Crippen LogP contribution in [-0.2, 0) is 24.1 Å². The number of alkyl halides is 8. The van der Waals surface area contributed by atoms with Crippen LogP contribution in [0.1, 0.15) is 11.4 Å². The molecule has 1 amide bonds. The van der Waals surface area contributed by atoms with Gasteiger partial charge in [0.2, 0.25) is 5.91 Å². The van der Waals surface area contributed by atoms with Crippen molar-refractivity contribution in [2.45, 2.75) is 43.4 Å². The van der Waals surface area contributed by atoms with Gasteiger partial charge in [-0.15, -0.1) is 22.6 Å². The summed E-state index contributed by atoms with van der Waals surface area (Å²) in [6, 6.07) is 2.28. The summed E-state index contributed by atoms with van der Waals surface area (Å²) >= 11 is 5.90. The van der Waals surface area contributed by atoms with Gasteiger partial charge in [0.25, 0.3) is 5.92 Å². The van der Waals surface area contributed by atoms with Crippen molar-refractivity contribution in [3.8, 4) is 17.2 Å². The Morgan fingerprint density at radius 1 is 1.09 bits per heavy atom. The lowest BCUT2D eigenvalue weighted by atomic mass is 10.0. The molecule has 4 aromatic rings. The quantitative estimate of drug-likeness (QED) is 0.272. The number of rotatable bonds is 8. The minimum Gasteiger partial charge on any atom is -0.341 e. The Hall–Kier alpha value is -4.10. The van der Waals surface area contributed by atoms with Crippen molar-refractivity contribution < 1.29 is 39.9 Å². The summed E-state index contributed by atoms with van der Waals surface area (Å²) in [7, 11) is 0. The first-order valence-electron chi connectivity index (χ1n) is 12.4. The number of hydrogen-bond donors (Lipinski definition) is 2. The molecule has 242 valence electrons. The van der Waals surface area contributed by atoms with Gasteiger partial charge in [-0.25, -0.2) is 32.9 Å². The Labute approximate surface area is 257 Å². The van der Waals surface area contributed by atoms with Gasteiger partial charge >= 0.3 is 18.0 Å². The molecule has 1 aliphatic heterocycles. The van der Waals surface area contributed by atoms with E-state index in [0.717, 1.165) is 24.7 Å². The highest BCUT2D eigenvalue weighted by atomic mass is 35.5. The topological polar surface area (TPSA) is 125 Å². The standard InChI is InChI=1S/C24H18ClF8N9O2.ClH/c25-13-5-3-12(4-6-13)18-39-41(9-16-36-11-42(38-16)19-14(23(28,29)30)2-1-7-34-19)21(44)40(18)8-15(24(31,32)33)37-20(43)17-22(26,27)10-35-17;/h1-7,11,15,17,35H,8-10H2,(H,37,43);1H. The second-order valence-corrected chi connectivity index (χ2v) is 9.97. The van der Waals surface area contributed by atoms with E-state index in [-0.39, 0.29) is 34.6 Å². The molecule has 5 rings (SSSR count). The van der Waals surface area contributed by atoms with E-state index in [2.05, 4.69) is 25.5 Å². The Kier molecular flexibility index (Phi) is 9.28. The molecule has 45 heavy (non-hydrogen) atoms. The number of pyridine rings is 1. The van der Waals surface area contributed by atoms with Gasteiger partial charge in [0.15, 0.2) is 23.5 Å². The smallest absolute Gasteiger partial charge is 0.341 e. The molecule has 2 atom stereocenters. The van der Waals surface area contributed by atoms with Crippen LogP contribution in [0.25, 0.3) is 17.2 Å². The molecule has 0 aliphatic carbocycles. The molecule has 11 nitrogen and oxygen atoms in total. The summed E-state index contributed by atoms with van der Waals surface area (Å²) in [5, 5.41) is 11.8. The molecule has 0 saturated carbocycles. The van der Waals surface area contributed by atoms with Crippen LogP contribution in [0.5, 0.6) is 0 Å². The SMILES string of the molecule is Cl.O=C(NC(Cn1c(-c2ccc(Cl)cc2)nn(Cc2ncn(-c3ncccc3C(F)(F)F)n2)c1=O)C(F)(F)F)C1NCC1(F)F. The van der Waals surface area contributed by atoms with Crippen molar-refractivity contribution in [3.05, 3.63) is 75.8 Å². The lowest BCUT2D eigenvalue weighted by Gasteiger charge is -2.37. The van der Waals surface area contributed by atoms with Gasteiger partial charge < -0.3 is 5.32 Å². The molecule has 4 heterocycles. The number of amides is 1. The Balaban J connectivity index is 0.00000461. The molecule has 0 spiro atoms. The Morgan fingerprint density at radius 3 is 2.36 bits per heavy atom. The normalized spacial score (nSPS) is 16.9. The number of nitrogens with zero attached hydrogens (tertiary/aromatic N) is 7. The van der Waals surface area contributed by atoms with E-state index in [9.17, 15) is 44.7 Å². The van der Waals surface area contributed by atoms with Crippen molar-refractivity contribution in [1.29, 1.82) is 0 Å². The van der Waals surface area contributed by atoms with Crippen LogP contribution < -0.4 is 16.3 Å². The predicted molar refractivity (Wildman–Crippen MR) is 142 cm³/mol. The first-order valence-corrected chi connectivity index (χ1v) is 12.8. The first kappa shape index (κ1) is 33.8. The zero-order valence-corrected chi connectivity index (χ0v) is 23.7. The fraction of sp³-hybridized carbons (Fsp3) is 0.333. The van der Waals surface area contributed by atoms with Crippen LogP contribution in [-0.4, -0.2) is 70.7 Å². The molecular weight excluding hydrogens is 669 g/mol. The number of hydrogen-bond acceptors (Lipinski definition) is 7. The van der Waals surface area contributed by atoms with E-state index in [1.165, 1.54) is 29.6 Å². The third kappa shape index (κ3) is 7.09. The van der Waals surface area contributed by atoms with Crippen molar-refractivity contribution in [2.75, 3.05) is 6.54 Å². The van der Waals surface area contributed by atoms with Gasteiger partial charge in [-0.1, -0.05) is 11.6 Å². The average Bonchev–Trinajstić information content (AvgIpc) is 3.52. The highest BCUT2D eigenvalue weighted by Gasteiger charge is 2.54. The fourth-order valence-electron chi connectivity index (χ4n) is 4.24. The third-order valence-electron chi connectivity index (χ3n) is 6.47. The minimum atomic E-state index is -5.19. The van der Waals surface area contributed by atoms with Gasteiger partial charge in [-0.3, -0.25) is 14.7 Å². The summed E-state index contributed by atoms with van der Waals surface area (Å²) < 4.78 is 112. The highest BCUT2D eigenvalue weighted by molar-refractivity contribution is 6.30. The predicted octanol–water partition coefficient (Wildman–Crippen LogP) is 3.48. The van der Waals surface area contributed by atoms with Crippen LogP contribution in [0, 0.1) is 0 Å². The molecule has 3 aromatic heterocycles. The van der Waals surface area contributed by atoms with Crippen molar-refractivity contribution in [1.82, 2.24) is 44.7 Å². The minimum absolute atomic E-state index is 0. The highest BCUT2D eigenvalue weighted by Crippen LogP contribution is 2.32. The number of nitrogens with one attached hydrogen (secondary N) is 2. The van der Waals surface area contributed by atoms with Gasteiger partial charge in [0.1, 0.15) is 24.5 Å². The fourth-order valence-corrected chi connectivity index (χ4v) is 4.37. The molecule has 2 N–H and O–H groups in total. The summed E-state index contributed by atoms with van der Waals surface area (Å²) in [5.74, 6) is -6.39. The summed E-state index contributed by atoms with van der Waals surface area (Å²) in [6.45, 7) is -2.76. The first-order chi connectivity index (χ1) is 20.5. The molecule has 1 aromatic carbocycles. The monoisotopic (exact) mass is 687 g/mol. The Bertz CT molecular complexity index is 1740. The molecule has 0 bridgehead atoms. The zero-order chi connectivity index (χ0) is 32.0. The summed E-state index contributed by atoms with van der Waals surface area (Å²) in [6.07, 6.45) is -7.98. The van der Waals surface area contributed by atoms with Gasteiger partial charge in [-0.05, 0) is 36.4 Å². The zero-order valence-electron chi connectivity index (χ0n) is 22.2. The van der Waals surface area contributed by atoms with Crippen LogP contribution >= 0.6 is 24.0 Å². The lowest BCUT2D eigenvalue weighted by molar-refractivity contribution is -0.172. The van der Waals surface area contributed by atoms with E-state index in [0.29, 0.717) is 13.9 Å². The van der Waals surface area contributed by atoms with Crippen LogP contribution in [0.15, 0.2) is 53.7 Å². The largest absolute Gasteiger partial charge is 0.420 e. The van der Waals surface area contributed by atoms with Gasteiger partial charge in [0, 0.05) is 16.8 Å². The van der Waals surface area contributed by atoms with Crippen LogP contribution in [0.3, 0.4) is 0 Å². The van der Waals surface area contributed by atoms with E-state index >= 15 is 0 Å². The third-order valence-corrected chi connectivity index (χ3v) is 6.72. The maximum Gasteiger partial charge on any atom is 0.420 e. The average molecular weight is 688 g/mol. The van der Waals surface area contributed by atoms with Gasteiger partial charge in [0.05, 0.1) is 13.1 Å². The second-order valence-electron chi connectivity index (χ2n) is 9.54. The molecule has 21 heteroatoms. The van der Waals surface area contributed by atoms with E-state index in [1.807, 2.05) is 0 Å². The van der Waals surface area contributed by atoms with Crippen LogP contribution in [0.4, 0.5) is 35.1 Å². The van der Waals surface area contributed by atoms with Crippen molar-refractivity contribution >= 4 is 29.9 Å². The summed E-state index contributed by atoms with van der Waals surface area (Å²) in [5.41, 5.74) is -2.17. The number of carbonyl (C=O) groups excluding carboxylic acids is 1. The number of carbonyl (C=O) groups is 1. The number of aromatic nitrogens is 7. The maximum atomic E-state index is 14.0. The number of halogens is 10.